The number of nitrogens with two attached hydrogens (primary N) is 1. The molecule has 5 nitrogen and oxygen atoms in total. The van der Waals surface area contributed by atoms with E-state index < -0.39 is 0 Å². The Morgan fingerprint density at radius 3 is 2.65 bits per heavy atom. The van der Waals surface area contributed by atoms with E-state index in [1.54, 1.807) is 30.3 Å². The van der Waals surface area contributed by atoms with Gasteiger partial charge in [0.05, 0.1) is 5.71 Å². The maximum absolute atomic E-state index is 12.1. The van der Waals surface area contributed by atoms with E-state index in [0.29, 0.717) is 11.3 Å². The van der Waals surface area contributed by atoms with Gasteiger partial charge in [-0.3, -0.25) is 4.79 Å². The number of amides is 1. The van der Waals surface area contributed by atoms with Crippen LogP contribution < -0.4 is 11.2 Å². The summed E-state index contributed by atoms with van der Waals surface area (Å²) < 4.78 is 0. The third-order valence-corrected chi connectivity index (χ3v) is 4.12. The number of benzene rings is 2. The normalized spacial score (nSPS) is 15.3. The minimum Gasteiger partial charge on any atom is -0.507 e. The number of hydrazone groups is 1. The first kappa shape index (κ1) is 15.1. The van der Waals surface area contributed by atoms with Crippen LogP contribution in [0.5, 0.6) is 5.75 Å². The van der Waals surface area contributed by atoms with E-state index in [0.717, 1.165) is 41.7 Å². The lowest BCUT2D eigenvalue weighted by atomic mass is 9.86. The fourth-order valence-corrected chi connectivity index (χ4v) is 2.87. The van der Waals surface area contributed by atoms with Crippen LogP contribution in [0.25, 0.3) is 0 Å². The number of nitrogen functional groups attached to an aromatic ring is 1. The Bertz CT molecular complexity index is 780. The summed E-state index contributed by atoms with van der Waals surface area (Å²) in [4.78, 5) is 12.1. The average Bonchev–Trinajstić information content (AvgIpc) is 2.56. The van der Waals surface area contributed by atoms with E-state index in [2.05, 4.69) is 10.5 Å². The second-order valence-corrected chi connectivity index (χ2v) is 5.73. The van der Waals surface area contributed by atoms with Crippen molar-refractivity contribution in [3.05, 3.63) is 58.7 Å². The molecule has 0 saturated heterocycles. The van der Waals surface area contributed by atoms with Crippen molar-refractivity contribution in [1.29, 1.82) is 0 Å². The molecule has 1 aliphatic carbocycles. The van der Waals surface area contributed by atoms with E-state index in [9.17, 15) is 9.90 Å². The van der Waals surface area contributed by atoms with Gasteiger partial charge in [0.25, 0.3) is 5.91 Å². The van der Waals surface area contributed by atoms with Gasteiger partial charge in [0, 0.05) is 16.8 Å². The summed E-state index contributed by atoms with van der Waals surface area (Å²) in [6.07, 6.45) is 2.60. The number of aromatic hydroxyl groups is 1. The molecule has 4 N–H and O–H groups in total. The summed E-state index contributed by atoms with van der Waals surface area (Å²) >= 11 is 0. The number of nitrogens with zero attached hydrogens (tertiary/aromatic N) is 1. The van der Waals surface area contributed by atoms with Crippen molar-refractivity contribution in [1.82, 2.24) is 5.43 Å². The van der Waals surface area contributed by atoms with Crippen molar-refractivity contribution in [3.8, 4) is 5.75 Å². The van der Waals surface area contributed by atoms with Crippen LogP contribution in [0.15, 0.2) is 41.5 Å². The zero-order valence-electron chi connectivity index (χ0n) is 13.0. The van der Waals surface area contributed by atoms with Gasteiger partial charge in [-0.1, -0.05) is 6.07 Å². The summed E-state index contributed by atoms with van der Waals surface area (Å²) in [5.41, 5.74) is 13.0. The van der Waals surface area contributed by atoms with Crippen LogP contribution in [0.1, 0.15) is 39.9 Å². The van der Waals surface area contributed by atoms with Crippen LogP contribution in [-0.4, -0.2) is 16.7 Å². The molecule has 0 spiro atoms. The molecule has 2 aromatic rings. The predicted octanol–water partition coefficient (Wildman–Crippen LogP) is 2.75. The van der Waals surface area contributed by atoms with Crippen LogP contribution in [0.2, 0.25) is 0 Å². The number of carbonyl (C=O) groups excluding carboxylic acids is 1. The van der Waals surface area contributed by atoms with Gasteiger partial charge >= 0.3 is 0 Å². The highest BCUT2D eigenvalue weighted by Crippen LogP contribution is 2.31. The van der Waals surface area contributed by atoms with Crippen molar-refractivity contribution in [2.24, 2.45) is 5.10 Å². The van der Waals surface area contributed by atoms with E-state index >= 15 is 0 Å². The van der Waals surface area contributed by atoms with E-state index in [4.69, 9.17) is 5.73 Å². The maximum Gasteiger partial charge on any atom is 0.271 e. The Balaban J connectivity index is 1.86. The van der Waals surface area contributed by atoms with Gasteiger partial charge in [0.1, 0.15) is 5.75 Å². The molecule has 0 bridgehead atoms. The summed E-state index contributed by atoms with van der Waals surface area (Å²) in [5, 5.41) is 14.4. The second kappa shape index (κ2) is 6.12. The third-order valence-electron chi connectivity index (χ3n) is 4.12. The Hall–Kier alpha value is -2.82. The van der Waals surface area contributed by atoms with Gasteiger partial charge in [-0.25, -0.2) is 5.43 Å². The van der Waals surface area contributed by atoms with Crippen LogP contribution in [0.4, 0.5) is 5.69 Å². The largest absolute Gasteiger partial charge is 0.507 e. The molecule has 0 heterocycles. The monoisotopic (exact) mass is 309 g/mol. The number of carbonyl (C=O) groups is 1. The predicted molar refractivity (Wildman–Crippen MR) is 90.6 cm³/mol. The van der Waals surface area contributed by atoms with Gasteiger partial charge in [-0.05, 0) is 67.6 Å². The van der Waals surface area contributed by atoms with Gasteiger partial charge in [0.2, 0.25) is 0 Å². The molecule has 5 heteroatoms. The number of hydrogen-bond donors (Lipinski definition) is 3. The van der Waals surface area contributed by atoms with Crippen LogP contribution >= 0.6 is 0 Å². The topological polar surface area (TPSA) is 87.7 Å². The quantitative estimate of drug-likeness (QED) is 0.589. The standard InChI is InChI=1S/C18H19N3O2/c1-11-5-10-16(22)17-14(11)3-2-4-15(17)20-21-18(23)12-6-8-13(19)9-7-12/h5-10,22H,2-4,19H2,1H3,(H,21,23)/b20-15+. The van der Waals surface area contributed by atoms with E-state index in [1.165, 1.54) is 0 Å². The molecule has 0 atom stereocenters. The van der Waals surface area contributed by atoms with Crippen molar-refractivity contribution in [2.75, 3.05) is 5.73 Å². The first-order valence-electron chi connectivity index (χ1n) is 7.60. The molecule has 3 rings (SSSR count). The number of hydrogen-bond acceptors (Lipinski definition) is 4. The molecule has 0 unspecified atom stereocenters. The third kappa shape index (κ3) is 3.04. The molecule has 0 aromatic heterocycles. The number of aryl methyl sites for hydroxylation is 1. The molecule has 0 fully saturated rings. The zero-order chi connectivity index (χ0) is 16.4. The van der Waals surface area contributed by atoms with Gasteiger partial charge in [0.15, 0.2) is 0 Å². The summed E-state index contributed by atoms with van der Waals surface area (Å²) in [5.74, 6) is -0.0810. The van der Waals surface area contributed by atoms with Crippen LogP contribution in [-0.2, 0) is 6.42 Å². The zero-order valence-corrected chi connectivity index (χ0v) is 13.0. The molecular weight excluding hydrogens is 290 g/mol. The minimum absolute atomic E-state index is 0.214. The number of phenols is 1. The first-order valence-corrected chi connectivity index (χ1v) is 7.60. The highest BCUT2D eigenvalue weighted by Gasteiger charge is 2.21. The molecule has 2 aromatic carbocycles. The molecule has 1 aliphatic rings. The number of phenolic OH excluding ortho intramolecular Hbond substituents is 1. The average molecular weight is 309 g/mol. The highest BCUT2D eigenvalue weighted by atomic mass is 16.3. The number of rotatable bonds is 2. The lowest BCUT2D eigenvalue weighted by Crippen LogP contribution is -2.22. The maximum atomic E-state index is 12.1. The molecule has 1 amide bonds. The second-order valence-electron chi connectivity index (χ2n) is 5.73. The van der Waals surface area contributed by atoms with Crippen molar-refractivity contribution in [3.63, 3.8) is 0 Å². The first-order chi connectivity index (χ1) is 11.1. The number of nitrogens with one attached hydrogen (secondary N) is 1. The fraction of sp³-hybridized carbons (Fsp3) is 0.222. The van der Waals surface area contributed by atoms with Crippen molar-refractivity contribution < 1.29 is 9.90 Å². The van der Waals surface area contributed by atoms with Gasteiger partial charge < -0.3 is 10.8 Å². The Kier molecular flexibility index (Phi) is 4.02. The molecule has 118 valence electrons. The highest BCUT2D eigenvalue weighted by molar-refractivity contribution is 6.06. The van der Waals surface area contributed by atoms with Gasteiger partial charge in [-0.2, -0.15) is 5.10 Å². The SMILES string of the molecule is Cc1ccc(O)c2c1CCC/C2=N\NC(=O)c1ccc(N)cc1. The summed E-state index contributed by atoms with van der Waals surface area (Å²) in [7, 11) is 0. The molecule has 23 heavy (non-hydrogen) atoms. The number of anilines is 1. The minimum atomic E-state index is -0.295. The van der Waals surface area contributed by atoms with Crippen LogP contribution in [0, 0.1) is 6.92 Å². The summed E-state index contributed by atoms with van der Waals surface area (Å²) in [6.45, 7) is 2.02. The molecular formula is C18H19N3O2. The van der Waals surface area contributed by atoms with E-state index in [1.807, 2.05) is 13.0 Å². The fourth-order valence-electron chi connectivity index (χ4n) is 2.87. The molecule has 0 saturated carbocycles. The van der Waals surface area contributed by atoms with Gasteiger partial charge in [-0.15, -0.1) is 0 Å². The Morgan fingerprint density at radius 2 is 1.91 bits per heavy atom. The smallest absolute Gasteiger partial charge is 0.271 e. The van der Waals surface area contributed by atoms with E-state index in [-0.39, 0.29) is 11.7 Å². The van der Waals surface area contributed by atoms with Crippen LogP contribution in [0.3, 0.4) is 0 Å². The lowest BCUT2D eigenvalue weighted by Gasteiger charge is -2.21. The van der Waals surface area contributed by atoms with Crippen molar-refractivity contribution in [2.45, 2.75) is 26.2 Å². The Labute approximate surface area is 134 Å². The lowest BCUT2D eigenvalue weighted by molar-refractivity contribution is 0.0954. The Morgan fingerprint density at radius 1 is 1.17 bits per heavy atom. The van der Waals surface area contributed by atoms with Crippen molar-refractivity contribution >= 4 is 17.3 Å². The number of fused-ring (bicyclic) bond motifs is 1. The molecule has 0 radical (unpaired) electrons. The summed E-state index contributed by atoms with van der Waals surface area (Å²) in [6, 6.07) is 10.2. The molecule has 0 aliphatic heterocycles.